The SMILES string of the molecule is CC(Oc1ccc([C@@H](C)N)cc1F)C(=O)N1CCOCC1. The third-order valence-electron chi connectivity index (χ3n) is 3.46. The molecule has 6 heteroatoms. The Hall–Kier alpha value is -1.66. The van der Waals surface area contributed by atoms with Crippen LogP contribution in [-0.2, 0) is 9.53 Å². The van der Waals surface area contributed by atoms with Crippen LogP contribution in [0.5, 0.6) is 5.75 Å². The summed E-state index contributed by atoms with van der Waals surface area (Å²) >= 11 is 0. The molecule has 1 aliphatic rings. The molecule has 2 N–H and O–H groups in total. The zero-order valence-electron chi connectivity index (χ0n) is 12.3. The lowest BCUT2D eigenvalue weighted by molar-refractivity contribution is -0.142. The van der Waals surface area contributed by atoms with Gasteiger partial charge in [-0.05, 0) is 31.5 Å². The molecule has 116 valence electrons. The van der Waals surface area contributed by atoms with Crippen LogP contribution >= 0.6 is 0 Å². The normalized spacial score (nSPS) is 18.2. The molecule has 0 spiro atoms. The van der Waals surface area contributed by atoms with E-state index in [4.69, 9.17) is 15.2 Å². The van der Waals surface area contributed by atoms with Gasteiger partial charge in [-0.1, -0.05) is 6.07 Å². The lowest BCUT2D eigenvalue weighted by Gasteiger charge is -2.29. The Balaban J connectivity index is 2.01. The van der Waals surface area contributed by atoms with Crippen molar-refractivity contribution in [1.29, 1.82) is 0 Å². The molecule has 0 aromatic heterocycles. The van der Waals surface area contributed by atoms with Gasteiger partial charge in [0.2, 0.25) is 0 Å². The smallest absolute Gasteiger partial charge is 0.263 e. The van der Waals surface area contributed by atoms with E-state index in [2.05, 4.69) is 0 Å². The summed E-state index contributed by atoms with van der Waals surface area (Å²) in [5, 5.41) is 0. The summed E-state index contributed by atoms with van der Waals surface area (Å²) in [6.45, 7) is 5.53. The van der Waals surface area contributed by atoms with E-state index < -0.39 is 11.9 Å². The summed E-state index contributed by atoms with van der Waals surface area (Å²) in [6, 6.07) is 4.30. The minimum Gasteiger partial charge on any atom is -0.478 e. The van der Waals surface area contributed by atoms with E-state index in [-0.39, 0.29) is 17.7 Å². The number of halogens is 1. The van der Waals surface area contributed by atoms with Gasteiger partial charge in [-0.25, -0.2) is 4.39 Å². The molecule has 1 fully saturated rings. The van der Waals surface area contributed by atoms with Crippen molar-refractivity contribution in [3.8, 4) is 5.75 Å². The molecule has 1 aromatic rings. The van der Waals surface area contributed by atoms with Gasteiger partial charge in [-0.2, -0.15) is 0 Å². The molecule has 1 saturated heterocycles. The first-order chi connectivity index (χ1) is 9.99. The highest BCUT2D eigenvalue weighted by molar-refractivity contribution is 5.81. The van der Waals surface area contributed by atoms with Crippen molar-refractivity contribution in [2.45, 2.75) is 26.0 Å². The summed E-state index contributed by atoms with van der Waals surface area (Å²) in [7, 11) is 0. The fourth-order valence-corrected chi connectivity index (χ4v) is 2.18. The lowest BCUT2D eigenvalue weighted by atomic mass is 10.1. The standard InChI is InChI=1S/C15H21FN2O3/c1-10(17)12-3-4-14(13(16)9-12)21-11(2)15(19)18-5-7-20-8-6-18/h3-4,9-11H,5-8,17H2,1-2H3/t10-,11?/m1/s1. The number of hydrogen-bond acceptors (Lipinski definition) is 4. The number of ether oxygens (including phenoxy) is 2. The monoisotopic (exact) mass is 296 g/mol. The molecule has 1 aromatic carbocycles. The maximum absolute atomic E-state index is 14.0. The van der Waals surface area contributed by atoms with E-state index in [0.717, 1.165) is 0 Å². The minimum absolute atomic E-state index is 0.0634. The Bertz CT molecular complexity index is 502. The summed E-state index contributed by atoms with van der Waals surface area (Å²) in [4.78, 5) is 13.9. The Kier molecular flexibility index (Phi) is 5.14. The second-order valence-corrected chi connectivity index (χ2v) is 5.18. The van der Waals surface area contributed by atoms with Gasteiger partial charge >= 0.3 is 0 Å². The average Bonchev–Trinajstić information content (AvgIpc) is 2.49. The van der Waals surface area contributed by atoms with Crippen LogP contribution in [0.15, 0.2) is 18.2 Å². The first-order valence-electron chi connectivity index (χ1n) is 7.07. The molecule has 2 atom stereocenters. The lowest BCUT2D eigenvalue weighted by Crippen LogP contribution is -2.46. The fraction of sp³-hybridized carbons (Fsp3) is 0.533. The predicted octanol–water partition coefficient (Wildman–Crippen LogP) is 1.47. The number of hydrogen-bond donors (Lipinski definition) is 1. The Labute approximate surface area is 123 Å². The van der Waals surface area contributed by atoms with Gasteiger partial charge in [0, 0.05) is 19.1 Å². The highest BCUT2D eigenvalue weighted by Crippen LogP contribution is 2.22. The second kappa shape index (κ2) is 6.87. The maximum Gasteiger partial charge on any atom is 0.263 e. The van der Waals surface area contributed by atoms with Crippen molar-refractivity contribution in [3.63, 3.8) is 0 Å². The molecular formula is C15H21FN2O3. The largest absolute Gasteiger partial charge is 0.478 e. The molecule has 0 radical (unpaired) electrons. The maximum atomic E-state index is 14.0. The van der Waals surface area contributed by atoms with Gasteiger partial charge < -0.3 is 20.1 Å². The van der Waals surface area contributed by atoms with Crippen LogP contribution in [0.4, 0.5) is 4.39 Å². The number of carbonyl (C=O) groups is 1. The van der Waals surface area contributed by atoms with Gasteiger partial charge in [0.1, 0.15) is 0 Å². The topological polar surface area (TPSA) is 64.8 Å². The predicted molar refractivity (Wildman–Crippen MR) is 76.5 cm³/mol. The van der Waals surface area contributed by atoms with E-state index in [9.17, 15) is 9.18 Å². The Morgan fingerprint density at radius 2 is 2.05 bits per heavy atom. The van der Waals surface area contributed by atoms with Crippen LogP contribution < -0.4 is 10.5 Å². The van der Waals surface area contributed by atoms with Crippen molar-refractivity contribution in [2.24, 2.45) is 5.73 Å². The van der Waals surface area contributed by atoms with Crippen molar-refractivity contribution >= 4 is 5.91 Å². The Morgan fingerprint density at radius 1 is 1.38 bits per heavy atom. The van der Waals surface area contributed by atoms with Crippen LogP contribution in [-0.4, -0.2) is 43.2 Å². The van der Waals surface area contributed by atoms with Gasteiger partial charge in [-0.3, -0.25) is 4.79 Å². The average molecular weight is 296 g/mol. The van der Waals surface area contributed by atoms with Crippen molar-refractivity contribution in [1.82, 2.24) is 4.90 Å². The minimum atomic E-state index is -0.737. The van der Waals surface area contributed by atoms with Crippen molar-refractivity contribution in [3.05, 3.63) is 29.6 Å². The van der Waals surface area contributed by atoms with E-state index >= 15 is 0 Å². The van der Waals surface area contributed by atoms with E-state index in [1.165, 1.54) is 12.1 Å². The summed E-state index contributed by atoms with van der Waals surface area (Å²) in [5.41, 5.74) is 6.39. The molecule has 1 unspecified atom stereocenters. The molecule has 1 heterocycles. The third-order valence-corrected chi connectivity index (χ3v) is 3.46. The summed E-state index contributed by atoms with van der Waals surface area (Å²) in [5.74, 6) is -0.603. The fourth-order valence-electron chi connectivity index (χ4n) is 2.18. The van der Waals surface area contributed by atoms with Crippen molar-refractivity contribution in [2.75, 3.05) is 26.3 Å². The van der Waals surface area contributed by atoms with Crippen LogP contribution in [0.25, 0.3) is 0 Å². The summed E-state index contributed by atoms with van der Waals surface area (Å²) < 4.78 is 24.6. The van der Waals surface area contributed by atoms with Crippen molar-refractivity contribution < 1.29 is 18.7 Å². The van der Waals surface area contributed by atoms with E-state index in [1.807, 2.05) is 0 Å². The molecule has 0 aliphatic carbocycles. The highest BCUT2D eigenvalue weighted by Gasteiger charge is 2.24. The van der Waals surface area contributed by atoms with Crippen LogP contribution in [0.3, 0.4) is 0 Å². The number of nitrogens with two attached hydrogens (primary N) is 1. The highest BCUT2D eigenvalue weighted by atomic mass is 19.1. The number of carbonyl (C=O) groups excluding carboxylic acids is 1. The van der Waals surface area contributed by atoms with Gasteiger partial charge in [0.25, 0.3) is 5.91 Å². The summed E-state index contributed by atoms with van der Waals surface area (Å²) in [6.07, 6.45) is -0.737. The molecule has 1 amide bonds. The van der Waals surface area contributed by atoms with Crippen LogP contribution in [0, 0.1) is 5.82 Å². The van der Waals surface area contributed by atoms with E-state index in [1.54, 1.807) is 24.8 Å². The van der Waals surface area contributed by atoms with E-state index in [0.29, 0.717) is 31.9 Å². The first kappa shape index (κ1) is 15.7. The molecule has 2 rings (SSSR count). The molecule has 21 heavy (non-hydrogen) atoms. The molecule has 0 saturated carbocycles. The number of morpholine rings is 1. The van der Waals surface area contributed by atoms with Crippen LogP contribution in [0.1, 0.15) is 25.5 Å². The zero-order chi connectivity index (χ0) is 15.4. The Morgan fingerprint density at radius 3 is 2.62 bits per heavy atom. The number of nitrogens with zero attached hydrogens (tertiary/aromatic N) is 1. The number of benzene rings is 1. The number of rotatable bonds is 4. The van der Waals surface area contributed by atoms with Gasteiger partial charge in [0.15, 0.2) is 17.7 Å². The number of amides is 1. The van der Waals surface area contributed by atoms with Gasteiger partial charge in [-0.15, -0.1) is 0 Å². The second-order valence-electron chi connectivity index (χ2n) is 5.18. The third kappa shape index (κ3) is 3.92. The molecular weight excluding hydrogens is 275 g/mol. The molecule has 0 bridgehead atoms. The molecule has 5 nitrogen and oxygen atoms in total. The van der Waals surface area contributed by atoms with Crippen LogP contribution in [0.2, 0.25) is 0 Å². The zero-order valence-corrected chi connectivity index (χ0v) is 12.3. The molecule has 1 aliphatic heterocycles. The quantitative estimate of drug-likeness (QED) is 0.914. The van der Waals surface area contributed by atoms with Gasteiger partial charge in [0.05, 0.1) is 13.2 Å². The first-order valence-corrected chi connectivity index (χ1v) is 7.07.